The van der Waals surface area contributed by atoms with Crippen LogP contribution < -0.4 is 5.43 Å². The summed E-state index contributed by atoms with van der Waals surface area (Å²) in [5.41, 5.74) is 5.40. The maximum Gasteiger partial charge on any atom is 0.234 e. The Hall–Kier alpha value is -2.75. The predicted octanol–water partition coefficient (Wildman–Crippen LogP) is 7.17. The van der Waals surface area contributed by atoms with Crippen LogP contribution in [0.4, 0.5) is 0 Å². The van der Waals surface area contributed by atoms with Gasteiger partial charge in [-0.15, -0.1) is 0 Å². The number of aryl methyl sites for hydroxylation is 2. The molecule has 0 spiro atoms. The van der Waals surface area contributed by atoms with Crippen LogP contribution in [0.2, 0.25) is 0 Å². The second-order valence-corrected chi connectivity index (χ2v) is 8.72. The molecule has 2 aromatic rings. The van der Waals surface area contributed by atoms with E-state index in [-0.39, 0.29) is 16.9 Å². The molecule has 2 N–H and O–H groups in total. The lowest BCUT2D eigenvalue weighted by molar-refractivity contribution is 0.415. The Bertz CT molecular complexity index is 1080. The van der Waals surface area contributed by atoms with Crippen LogP contribution in [-0.4, -0.2) is 10.2 Å². The maximum absolute atomic E-state index is 12.5. The van der Waals surface area contributed by atoms with E-state index in [4.69, 9.17) is 4.42 Å². The largest absolute Gasteiger partial charge is 0.508 e. The van der Waals surface area contributed by atoms with Gasteiger partial charge < -0.3 is 14.6 Å². The number of hydrogen-bond acceptors (Lipinski definition) is 4. The molecule has 0 saturated carbocycles. The third-order valence-electron chi connectivity index (χ3n) is 5.75. The third kappa shape index (κ3) is 6.61. The van der Waals surface area contributed by atoms with Gasteiger partial charge in [0.1, 0.15) is 11.3 Å². The fraction of sp³-hybridized carbons (Fsp3) is 0.444. The van der Waals surface area contributed by atoms with Gasteiger partial charge in [0, 0.05) is 6.42 Å². The summed E-state index contributed by atoms with van der Waals surface area (Å²) in [4.78, 5) is 12.5. The van der Waals surface area contributed by atoms with Crippen LogP contribution in [-0.2, 0) is 6.42 Å². The number of hydrogen-bond donors (Lipinski definition) is 2. The first-order valence-corrected chi connectivity index (χ1v) is 11.0. The molecule has 0 saturated heterocycles. The lowest BCUT2D eigenvalue weighted by atomic mass is 10.0. The molecule has 1 heterocycles. The highest BCUT2D eigenvalue weighted by Gasteiger charge is 2.17. The molecule has 0 radical (unpaired) electrons. The summed E-state index contributed by atoms with van der Waals surface area (Å²) in [6, 6.07) is 1.37. The van der Waals surface area contributed by atoms with E-state index in [9.17, 15) is 15.0 Å². The summed E-state index contributed by atoms with van der Waals surface area (Å²) in [6.45, 7) is 12.1. The Morgan fingerprint density at radius 2 is 1.48 bits per heavy atom. The Balaban J connectivity index is 2.01. The van der Waals surface area contributed by atoms with E-state index >= 15 is 0 Å². The molecule has 4 nitrogen and oxygen atoms in total. The predicted molar refractivity (Wildman–Crippen MR) is 129 cm³/mol. The summed E-state index contributed by atoms with van der Waals surface area (Å²) in [6.07, 6.45) is 12.1. The molecule has 0 aliphatic rings. The molecule has 0 fully saturated rings. The van der Waals surface area contributed by atoms with E-state index in [0.717, 1.165) is 25.7 Å². The van der Waals surface area contributed by atoms with Crippen LogP contribution in [0.1, 0.15) is 76.7 Å². The first-order valence-electron chi connectivity index (χ1n) is 11.0. The van der Waals surface area contributed by atoms with Gasteiger partial charge in [-0.05, 0) is 90.8 Å². The second kappa shape index (κ2) is 11.0. The number of aromatic hydroxyl groups is 2. The van der Waals surface area contributed by atoms with Crippen LogP contribution in [0, 0.1) is 13.8 Å². The molecule has 2 rings (SSSR count). The lowest BCUT2D eigenvalue weighted by Crippen LogP contribution is -2.06. The number of phenols is 1. The average molecular weight is 425 g/mol. The van der Waals surface area contributed by atoms with Crippen molar-refractivity contribution >= 4 is 11.0 Å². The molecular weight excluding hydrogens is 388 g/mol. The van der Waals surface area contributed by atoms with Crippen LogP contribution in [0.15, 0.2) is 50.2 Å². The van der Waals surface area contributed by atoms with Crippen molar-refractivity contribution in [2.45, 2.75) is 80.1 Å². The van der Waals surface area contributed by atoms with E-state index in [1.54, 1.807) is 13.8 Å². The molecule has 4 heteroatoms. The quantitative estimate of drug-likeness (QED) is 0.418. The van der Waals surface area contributed by atoms with Crippen molar-refractivity contribution in [1.29, 1.82) is 0 Å². The fourth-order valence-corrected chi connectivity index (χ4v) is 3.56. The van der Waals surface area contributed by atoms with Gasteiger partial charge in [0.2, 0.25) is 11.2 Å². The van der Waals surface area contributed by atoms with Gasteiger partial charge in [-0.2, -0.15) is 0 Å². The number of phenolic OH excluding ortho intramolecular Hbond substituents is 1. The van der Waals surface area contributed by atoms with Crippen molar-refractivity contribution in [1.82, 2.24) is 0 Å². The molecule has 1 aromatic heterocycles. The van der Waals surface area contributed by atoms with E-state index < -0.39 is 5.43 Å². The van der Waals surface area contributed by atoms with Gasteiger partial charge >= 0.3 is 0 Å². The van der Waals surface area contributed by atoms with E-state index in [2.05, 4.69) is 45.9 Å². The minimum atomic E-state index is -0.496. The molecule has 0 atom stereocenters. The molecule has 0 amide bonds. The van der Waals surface area contributed by atoms with Gasteiger partial charge in [-0.3, -0.25) is 4.79 Å². The van der Waals surface area contributed by atoms with E-state index in [1.807, 2.05) is 0 Å². The summed E-state index contributed by atoms with van der Waals surface area (Å²) in [7, 11) is 0. The Labute approximate surface area is 185 Å². The smallest absolute Gasteiger partial charge is 0.234 e. The van der Waals surface area contributed by atoms with Gasteiger partial charge in [0.25, 0.3) is 0 Å². The van der Waals surface area contributed by atoms with Crippen LogP contribution in [0.3, 0.4) is 0 Å². The van der Waals surface area contributed by atoms with Gasteiger partial charge in [-0.1, -0.05) is 34.9 Å². The molecule has 1 aromatic carbocycles. The Morgan fingerprint density at radius 1 is 0.903 bits per heavy atom. The monoisotopic (exact) mass is 424 g/mol. The minimum Gasteiger partial charge on any atom is -0.508 e. The molecule has 0 unspecified atom stereocenters. The van der Waals surface area contributed by atoms with Gasteiger partial charge in [0.05, 0.1) is 5.39 Å². The summed E-state index contributed by atoms with van der Waals surface area (Å²) in [5, 5.41) is 20.5. The standard InChI is InChI=1S/C27H36O4/c1-17(2)10-7-11-18(3)12-8-13-19(4)14-9-15-24-26(30)25(29)22-16-23(28)20(5)21(6)27(22)31-24/h10,12,14,16,28,30H,7-9,11,13,15H2,1-6H3/b18-12+,19-14+. The highest BCUT2D eigenvalue weighted by molar-refractivity contribution is 5.84. The van der Waals surface area contributed by atoms with Crippen molar-refractivity contribution < 1.29 is 14.6 Å². The number of benzene rings is 1. The molecule has 168 valence electrons. The zero-order valence-corrected chi connectivity index (χ0v) is 19.8. The van der Waals surface area contributed by atoms with Crippen molar-refractivity contribution in [2.24, 2.45) is 0 Å². The average Bonchev–Trinajstić information content (AvgIpc) is 2.70. The van der Waals surface area contributed by atoms with Crippen LogP contribution in [0.25, 0.3) is 11.0 Å². The van der Waals surface area contributed by atoms with Gasteiger partial charge in [-0.25, -0.2) is 0 Å². The first kappa shape index (κ1) is 24.5. The van der Waals surface area contributed by atoms with Crippen LogP contribution >= 0.6 is 0 Å². The molecule has 0 aliphatic carbocycles. The second-order valence-electron chi connectivity index (χ2n) is 8.72. The van der Waals surface area contributed by atoms with Crippen LogP contribution in [0.5, 0.6) is 11.5 Å². The normalized spacial score (nSPS) is 12.5. The minimum absolute atomic E-state index is 0.0317. The zero-order valence-electron chi connectivity index (χ0n) is 19.8. The van der Waals surface area contributed by atoms with E-state index in [1.165, 1.54) is 22.8 Å². The highest BCUT2D eigenvalue weighted by Crippen LogP contribution is 2.30. The summed E-state index contributed by atoms with van der Waals surface area (Å²) in [5.74, 6) is -0.0369. The zero-order chi connectivity index (χ0) is 23.1. The topological polar surface area (TPSA) is 70.7 Å². The van der Waals surface area contributed by atoms with Crippen molar-refractivity contribution in [2.75, 3.05) is 0 Å². The number of rotatable bonds is 9. The molecule has 0 aliphatic heterocycles. The SMILES string of the molecule is CC(C)=CCC/C(C)=C/CC/C(C)=C/CCc1oc2c(C)c(C)c(O)cc2c(=O)c1O. The maximum atomic E-state index is 12.5. The van der Waals surface area contributed by atoms with Crippen molar-refractivity contribution in [3.05, 3.63) is 68.1 Å². The number of allylic oxidation sites excluding steroid dienone is 6. The Morgan fingerprint density at radius 3 is 2.10 bits per heavy atom. The Kier molecular flexibility index (Phi) is 8.73. The first-order chi connectivity index (χ1) is 14.6. The summed E-state index contributed by atoms with van der Waals surface area (Å²) >= 11 is 0. The highest BCUT2D eigenvalue weighted by atomic mass is 16.4. The molecule has 31 heavy (non-hydrogen) atoms. The van der Waals surface area contributed by atoms with E-state index in [0.29, 0.717) is 35.3 Å². The lowest BCUT2D eigenvalue weighted by Gasteiger charge is -2.10. The molecule has 0 bridgehead atoms. The number of fused-ring (bicyclic) bond motifs is 1. The molecular formula is C27H36O4. The van der Waals surface area contributed by atoms with Crippen molar-refractivity contribution in [3.8, 4) is 11.5 Å². The fourth-order valence-electron chi connectivity index (χ4n) is 3.56. The van der Waals surface area contributed by atoms with Gasteiger partial charge in [0.15, 0.2) is 5.76 Å². The summed E-state index contributed by atoms with van der Waals surface area (Å²) < 4.78 is 5.88. The third-order valence-corrected chi connectivity index (χ3v) is 5.75. The van der Waals surface area contributed by atoms with Crippen molar-refractivity contribution in [3.63, 3.8) is 0 Å².